The van der Waals surface area contributed by atoms with Crippen LogP contribution in [0.15, 0.2) is 17.4 Å². The van der Waals surface area contributed by atoms with Crippen LogP contribution in [0.25, 0.3) is 0 Å². The van der Waals surface area contributed by atoms with E-state index < -0.39 is 10.0 Å². The van der Waals surface area contributed by atoms with Gasteiger partial charge in [0.25, 0.3) is 0 Å². The summed E-state index contributed by atoms with van der Waals surface area (Å²) in [5, 5.41) is 7.48. The van der Waals surface area contributed by atoms with Gasteiger partial charge in [0.05, 0.1) is 24.7 Å². The zero-order valence-electron chi connectivity index (χ0n) is 17.9. The fourth-order valence-corrected chi connectivity index (χ4v) is 4.30. The van der Waals surface area contributed by atoms with Crippen molar-refractivity contribution in [1.29, 1.82) is 0 Å². The van der Waals surface area contributed by atoms with Gasteiger partial charge in [0, 0.05) is 52.5 Å². The summed E-state index contributed by atoms with van der Waals surface area (Å²) in [6.07, 6.45) is 4.72. The molecule has 1 aromatic heterocycles. The maximum absolute atomic E-state index is 12.5. The SMILES string of the molecule is CCNC(=NCCc1cnn(C)c1)N1CCN(S(=O)(=O)CCOC(C)C)CC1.I. The highest BCUT2D eigenvalue weighted by atomic mass is 127. The van der Waals surface area contributed by atoms with Crippen molar-refractivity contribution < 1.29 is 13.2 Å². The van der Waals surface area contributed by atoms with Gasteiger partial charge in [0.15, 0.2) is 5.96 Å². The third-order valence-corrected chi connectivity index (χ3v) is 6.31. The molecule has 1 N–H and O–H groups in total. The first kappa shape index (κ1) is 26.1. The van der Waals surface area contributed by atoms with E-state index in [4.69, 9.17) is 9.73 Å². The zero-order valence-corrected chi connectivity index (χ0v) is 21.0. The fourth-order valence-electron chi connectivity index (χ4n) is 3.01. The quantitative estimate of drug-likeness (QED) is 0.284. The van der Waals surface area contributed by atoms with Crippen molar-refractivity contribution in [2.45, 2.75) is 33.3 Å². The molecule has 0 aliphatic carbocycles. The van der Waals surface area contributed by atoms with Crippen LogP contribution >= 0.6 is 24.0 Å². The Morgan fingerprint density at radius 3 is 2.55 bits per heavy atom. The standard InChI is InChI=1S/C18H34N6O3S.HI/c1-5-19-18(20-7-6-17-14-21-22(4)15-17)23-8-10-24(11-9-23)28(25,26)13-12-27-16(2)3;/h14-16H,5-13H2,1-4H3,(H,19,20);1H. The Bertz CT molecular complexity index is 730. The zero-order chi connectivity index (χ0) is 20.6. The van der Waals surface area contributed by atoms with Crippen molar-refractivity contribution in [3.8, 4) is 0 Å². The first-order valence-corrected chi connectivity index (χ1v) is 11.5. The second kappa shape index (κ2) is 12.7. The maximum Gasteiger partial charge on any atom is 0.216 e. The lowest BCUT2D eigenvalue weighted by Gasteiger charge is -2.35. The molecule has 0 unspecified atom stereocenters. The third kappa shape index (κ3) is 8.77. The van der Waals surface area contributed by atoms with Crippen LogP contribution in [-0.4, -0.2) is 91.1 Å². The normalized spacial score (nSPS) is 16.2. The molecule has 1 aliphatic heterocycles. The Balaban J connectivity index is 0.00000420. The highest BCUT2D eigenvalue weighted by molar-refractivity contribution is 14.0. The molecule has 168 valence electrons. The second-order valence-electron chi connectivity index (χ2n) is 7.13. The summed E-state index contributed by atoms with van der Waals surface area (Å²) in [6, 6.07) is 0. The maximum atomic E-state index is 12.5. The predicted octanol–water partition coefficient (Wildman–Crippen LogP) is 0.919. The van der Waals surface area contributed by atoms with Crippen molar-refractivity contribution in [2.75, 3.05) is 51.6 Å². The van der Waals surface area contributed by atoms with Gasteiger partial charge >= 0.3 is 0 Å². The number of piperazine rings is 1. The number of ether oxygens (including phenoxy) is 1. The summed E-state index contributed by atoms with van der Waals surface area (Å²) < 4.78 is 33.7. The van der Waals surface area contributed by atoms with Crippen molar-refractivity contribution >= 4 is 40.0 Å². The number of nitrogens with one attached hydrogen (secondary N) is 1. The summed E-state index contributed by atoms with van der Waals surface area (Å²) >= 11 is 0. The van der Waals surface area contributed by atoms with Crippen LogP contribution < -0.4 is 5.32 Å². The molecule has 0 radical (unpaired) electrons. The number of aliphatic imine (C=N–C) groups is 1. The van der Waals surface area contributed by atoms with Gasteiger partial charge in [-0.2, -0.15) is 9.40 Å². The van der Waals surface area contributed by atoms with E-state index in [9.17, 15) is 8.42 Å². The second-order valence-corrected chi connectivity index (χ2v) is 9.22. The summed E-state index contributed by atoms with van der Waals surface area (Å²) in [4.78, 5) is 6.83. The molecule has 0 atom stereocenters. The lowest BCUT2D eigenvalue weighted by molar-refractivity contribution is 0.0904. The molecule has 0 saturated carbocycles. The third-order valence-electron chi connectivity index (χ3n) is 4.48. The van der Waals surface area contributed by atoms with Gasteiger partial charge in [-0.3, -0.25) is 9.67 Å². The van der Waals surface area contributed by atoms with Crippen LogP contribution in [0.2, 0.25) is 0 Å². The lowest BCUT2D eigenvalue weighted by Crippen LogP contribution is -2.54. The molecule has 0 aromatic carbocycles. The first-order valence-electron chi connectivity index (χ1n) is 9.92. The largest absolute Gasteiger partial charge is 0.378 e. The fraction of sp³-hybridized carbons (Fsp3) is 0.778. The molecule has 1 aromatic rings. The molecular formula is C18H35IN6O3S. The number of sulfonamides is 1. The Labute approximate surface area is 191 Å². The van der Waals surface area contributed by atoms with Crippen LogP contribution in [0.1, 0.15) is 26.3 Å². The van der Waals surface area contributed by atoms with Gasteiger partial charge in [0.1, 0.15) is 0 Å². The number of nitrogens with zero attached hydrogens (tertiary/aromatic N) is 5. The Morgan fingerprint density at radius 1 is 1.31 bits per heavy atom. The minimum absolute atomic E-state index is 0. The van der Waals surface area contributed by atoms with E-state index in [1.807, 2.05) is 40.2 Å². The molecule has 2 heterocycles. The van der Waals surface area contributed by atoms with E-state index in [2.05, 4.69) is 15.3 Å². The highest BCUT2D eigenvalue weighted by Crippen LogP contribution is 2.09. The molecule has 1 fully saturated rings. The Morgan fingerprint density at radius 2 is 2.00 bits per heavy atom. The molecule has 9 nitrogen and oxygen atoms in total. The smallest absolute Gasteiger partial charge is 0.216 e. The lowest BCUT2D eigenvalue weighted by atomic mass is 10.2. The van der Waals surface area contributed by atoms with Crippen molar-refractivity contribution in [3.63, 3.8) is 0 Å². The monoisotopic (exact) mass is 542 g/mol. The molecule has 29 heavy (non-hydrogen) atoms. The van der Waals surface area contributed by atoms with E-state index >= 15 is 0 Å². The van der Waals surface area contributed by atoms with E-state index in [0.717, 1.165) is 24.5 Å². The summed E-state index contributed by atoms with van der Waals surface area (Å²) in [5.41, 5.74) is 1.15. The summed E-state index contributed by atoms with van der Waals surface area (Å²) in [6.45, 7) is 9.71. The predicted molar refractivity (Wildman–Crippen MR) is 126 cm³/mol. The van der Waals surface area contributed by atoms with Gasteiger partial charge in [-0.05, 0) is 32.8 Å². The first-order chi connectivity index (χ1) is 13.3. The number of hydrogen-bond donors (Lipinski definition) is 1. The van der Waals surface area contributed by atoms with Gasteiger partial charge < -0.3 is 15.0 Å². The molecule has 11 heteroatoms. The topological polar surface area (TPSA) is 92.1 Å². The molecule has 0 amide bonds. The van der Waals surface area contributed by atoms with Crippen molar-refractivity contribution in [2.24, 2.45) is 12.0 Å². The van der Waals surface area contributed by atoms with Crippen molar-refractivity contribution in [3.05, 3.63) is 18.0 Å². The molecule has 0 spiro atoms. The molecule has 1 aliphatic rings. The van der Waals surface area contributed by atoms with E-state index in [-0.39, 0.29) is 42.4 Å². The number of halogens is 1. The van der Waals surface area contributed by atoms with E-state index in [1.165, 1.54) is 0 Å². The molecular weight excluding hydrogens is 507 g/mol. The van der Waals surface area contributed by atoms with E-state index in [0.29, 0.717) is 32.7 Å². The molecule has 2 rings (SSSR count). The van der Waals surface area contributed by atoms with Gasteiger partial charge in [-0.25, -0.2) is 8.42 Å². The minimum Gasteiger partial charge on any atom is -0.378 e. The summed E-state index contributed by atoms with van der Waals surface area (Å²) in [5.74, 6) is 0.872. The minimum atomic E-state index is -3.28. The Hall–Kier alpha value is -0.920. The highest BCUT2D eigenvalue weighted by Gasteiger charge is 2.27. The molecule has 1 saturated heterocycles. The average molecular weight is 542 g/mol. The molecule has 0 bridgehead atoms. The number of aryl methyl sites for hydroxylation is 1. The number of hydrogen-bond acceptors (Lipinski definition) is 5. The van der Waals surface area contributed by atoms with Gasteiger partial charge in [-0.1, -0.05) is 0 Å². The summed E-state index contributed by atoms with van der Waals surface area (Å²) in [7, 11) is -1.38. The van der Waals surface area contributed by atoms with Crippen LogP contribution in [0, 0.1) is 0 Å². The van der Waals surface area contributed by atoms with Crippen LogP contribution in [0.4, 0.5) is 0 Å². The number of guanidine groups is 1. The number of aromatic nitrogens is 2. The van der Waals surface area contributed by atoms with Gasteiger partial charge in [0.2, 0.25) is 10.0 Å². The average Bonchev–Trinajstić information content (AvgIpc) is 3.06. The van der Waals surface area contributed by atoms with Crippen LogP contribution in [0.3, 0.4) is 0 Å². The van der Waals surface area contributed by atoms with Crippen molar-refractivity contribution in [1.82, 2.24) is 24.3 Å². The van der Waals surface area contributed by atoms with Gasteiger partial charge in [-0.15, -0.1) is 24.0 Å². The van der Waals surface area contributed by atoms with E-state index in [1.54, 1.807) is 8.99 Å². The van der Waals surface area contributed by atoms with Crippen LogP contribution in [0.5, 0.6) is 0 Å². The Kier molecular flexibility index (Phi) is 11.4. The van der Waals surface area contributed by atoms with Crippen LogP contribution in [-0.2, 0) is 28.2 Å². The number of rotatable bonds is 9.